The Hall–Kier alpha value is -3.42. The zero-order chi connectivity index (χ0) is 21.7. The number of anilines is 1. The van der Waals surface area contributed by atoms with Gasteiger partial charge < -0.3 is 5.32 Å². The van der Waals surface area contributed by atoms with Crippen molar-refractivity contribution in [2.75, 3.05) is 5.32 Å². The number of nitrogens with zero attached hydrogens (tertiary/aromatic N) is 1. The second-order valence-corrected chi connectivity index (χ2v) is 7.46. The van der Waals surface area contributed by atoms with Gasteiger partial charge in [0.15, 0.2) is 0 Å². The molecule has 1 N–H and O–H groups in total. The van der Waals surface area contributed by atoms with E-state index in [4.69, 9.17) is 11.6 Å². The van der Waals surface area contributed by atoms with Gasteiger partial charge in [-0.25, -0.2) is 4.39 Å². The predicted molar refractivity (Wildman–Crippen MR) is 119 cm³/mol. The van der Waals surface area contributed by atoms with Crippen LogP contribution in [0.3, 0.4) is 0 Å². The van der Waals surface area contributed by atoms with Crippen molar-refractivity contribution >= 4 is 29.3 Å². The lowest BCUT2D eigenvalue weighted by Gasteiger charge is -2.11. The van der Waals surface area contributed by atoms with Crippen molar-refractivity contribution in [3.63, 3.8) is 0 Å². The summed E-state index contributed by atoms with van der Waals surface area (Å²) in [4.78, 5) is 12.7. The molecule has 0 aliphatic heterocycles. The van der Waals surface area contributed by atoms with Crippen LogP contribution in [0.4, 0.5) is 10.1 Å². The molecule has 3 rings (SSSR count). The fourth-order valence-electron chi connectivity index (χ4n) is 3.11. The highest BCUT2D eigenvalue weighted by molar-refractivity contribution is 6.30. The van der Waals surface area contributed by atoms with Gasteiger partial charge in [-0.15, -0.1) is 0 Å². The molecule has 0 radical (unpaired) electrons. The molecule has 5 heteroatoms. The van der Waals surface area contributed by atoms with Crippen molar-refractivity contribution in [1.29, 1.82) is 5.26 Å². The maximum atomic E-state index is 13.5. The first-order valence-corrected chi connectivity index (χ1v) is 9.77. The summed E-state index contributed by atoms with van der Waals surface area (Å²) in [6, 6.07) is 19.1. The average Bonchev–Trinajstić information content (AvgIpc) is 2.71. The first-order valence-electron chi connectivity index (χ1n) is 9.39. The minimum Gasteiger partial charge on any atom is -0.321 e. The van der Waals surface area contributed by atoms with Gasteiger partial charge >= 0.3 is 0 Å². The molecule has 3 aromatic rings. The van der Waals surface area contributed by atoms with Gasteiger partial charge in [-0.2, -0.15) is 5.26 Å². The summed E-state index contributed by atoms with van der Waals surface area (Å²) in [5.74, 6) is -0.813. The van der Waals surface area contributed by atoms with Crippen molar-refractivity contribution in [2.45, 2.75) is 20.3 Å². The van der Waals surface area contributed by atoms with Crippen LogP contribution in [-0.4, -0.2) is 5.91 Å². The van der Waals surface area contributed by atoms with E-state index in [1.807, 2.05) is 44.2 Å². The summed E-state index contributed by atoms with van der Waals surface area (Å²) in [5, 5.41) is 12.9. The monoisotopic (exact) mass is 418 g/mol. The number of nitriles is 1. The molecule has 0 atom stereocenters. The minimum absolute atomic E-state index is 0.0429. The van der Waals surface area contributed by atoms with Gasteiger partial charge in [-0.3, -0.25) is 4.79 Å². The molecule has 0 spiro atoms. The van der Waals surface area contributed by atoms with E-state index in [-0.39, 0.29) is 11.4 Å². The quantitative estimate of drug-likeness (QED) is 0.394. The number of nitrogens with one attached hydrogen (secondary N) is 1. The zero-order valence-corrected chi connectivity index (χ0v) is 17.4. The molecule has 0 bridgehead atoms. The fourth-order valence-corrected chi connectivity index (χ4v) is 3.29. The van der Waals surface area contributed by atoms with Crippen LogP contribution in [0, 0.1) is 31.0 Å². The second kappa shape index (κ2) is 9.39. The van der Waals surface area contributed by atoms with E-state index in [1.165, 1.54) is 18.2 Å². The summed E-state index contributed by atoms with van der Waals surface area (Å²) < 4.78 is 13.5. The maximum absolute atomic E-state index is 13.5. The summed E-state index contributed by atoms with van der Waals surface area (Å²) in [6.07, 6.45) is 1.96. The third-order valence-corrected chi connectivity index (χ3v) is 5.14. The van der Waals surface area contributed by atoms with E-state index in [1.54, 1.807) is 24.3 Å². The molecule has 3 nitrogen and oxygen atoms in total. The molecule has 0 unspecified atom stereocenters. The number of carbonyl (C=O) groups excluding carboxylic acids is 1. The summed E-state index contributed by atoms with van der Waals surface area (Å²) in [6.45, 7) is 3.87. The molecule has 3 aromatic carbocycles. The molecular weight excluding hydrogens is 399 g/mol. The summed E-state index contributed by atoms with van der Waals surface area (Å²) in [7, 11) is 0. The molecule has 1 amide bonds. The standard InChI is InChI=1S/C25H20ClFN2O/c1-16-5-3-8-24(17(16)2)29-25(30)21(15-28)13-20-14-22(26)10-9-19(20)11-18-6-4-7-23(27)12-18/h3-10,12-14H,11H2,1-2H3,(H,29,30)/b21-13+. The van der Waals surface area contributed by atoms with E-state index in [9.17, 15) is 14.4 Å². The van der Waals surface area contributed by atoms with Crippen molar-refractivity contribution < 1.29 is 9.18 Å². The normalized spacial score (nSPS) is 11.1. The van der Waals surface area contributed by atoms with Crippen LogP contribution >= 0.6 is 11.6 Å². The molecule has 0 aliphatic rings. The molecule has 0 fully saturated rings. The lowest BCUT2D eigenvalue weighted by molar-refractivity contribution is -0.112. The van der Waals surface area contributed by atoms with Crippen LogP contribution in [0.15, 0.2) is 66.2 Å². The Morgan fingerprint density at radius 2 is 1.90 bits per heavy atom. The number of hydrogen-bond acceptors (Lipinski definition) is 2. The van der Waals surface area contributed by atoms with Crippen LogP contribution in [0.2, 0.25) is 5.02 Å². The molecule has 0 aromatic heterocycles. The van der Waals surface area contributed by atoms with Gasteiger partial charge in [-0.1, -0.05) is 41.9 Å². The fraction of sp³-hybridized carbons (Fsp3) is 0.120. The van der Waals surface area contributed by atoms with Crippen molar-refractivity contribution in [2.24, 2.45) is 0 Å². The van der Waals surface area contributed by atoms with Gasteiger partial charge in [0.2, 0.25) is 0 Å². The van der Waals surface area contributed by atoms with Crippen LogP contribution in [-0.2, 0) is 11.2 Å². The van der Waals surface area contributed by atoms with Gasteiger partial charge in [0, 0.05) is 10.7 Å². The number of halogens is 2. The first kappa shape index (κ1) is 21.3. The highest BCUT2D eigenvalue weighted by atomic mass is 35.5. The van der Waals surface area contributed by atoms with Gasteiger partial charge in [0.05, 0.1) is 0 Å². The Kier molecular flexibility index (Phi) is 6.66. The number of hydrogen-bond donors (Lipinski definition) is 1. The third kappa shape index (κ3) is 5.14. The van der Waals surface area contributed by atoms with E-state index in [2.05, 4.69) is 5.32 Å². The number of benzene rings is 3. The number of aryl methyl sites for hydroxylation is 1. The topological polar surface area (TPSA) is 52.9 Å². The number of amides is 1. The van der Waals surface area contributed by atoms with E-state index < -0.39 is 5.91 Å². The van der Waals surface area contributed by atoms with Gasteiger partial charge in [-0.05, 0) is 84.5 Å². The summed E-state index contributed by atoms with van der Waals surface area (Å²) >= 11 is 6.15. The molecule has 0 saturated carbocycles. The van der Waals surface area contributed by atoms with E-state index in [0.29, 0.717) is 22.7 Å². The zero-order valence-electron chi connectivity index (χ0n) is 16.7. The molecule has 0 aliphatic carbocycles. The molecular formula is C25H20ClFN2O. The minimum atomic E-state index is -0.497. The number of rotatable bonds is 5. The van der Waals surface area contributed by atoms with Crippen LogP contribution < -0.4 is 5.32 Å². The first-order chi connectivity index (χ1) is 14.4. The molecule has 150 valence electrons. The predicted octanol–water partition coefficient (Wildman–Crippen LogP) is 6.23. The van der Waals surface area contributed by atoms with E-state index in [0.717, 1.165) is 22.3 Å². The van der Waals surface area contributed by atoms with Crippen molar-refractivity contribution in [1.82, 2.24) is 0 Å². The molecule has 30 heavy (non-hydrogen) atoms. The van der Waals surface area contributed by atoms with Crippen molar-refractivity contribution in [3.8, 4) is 6.07 Å². The largest absolute Gasteiger partial charge is 0.321 e. The Balaban J connectivity index is 1.93. The van der Waals surface area contributed by atoms with Gasteiger partial charge in [0.25, 0.3) is 5.91 Å². The highest BCUT2D eigenvalue weighted by Crippen LogP contribution is 2.23. The highest BCUT2D eigenvalue weighted by Gasteiger charge is 2.13. The Bertz CT molecular complexity index is 1180. The Labute approximate surface area is 180 Å². The average molecular weight is 419 g/mol. The Morgan fingerprint density at radius 3 is 2.63 bits per heavy atom. The summed E-state index contributed by atoms with van der Waals surface area (Å²) in [5.41, 5.74) is 4.85. The lowest BCUT2D eigenvalue weighted by Crippen LogP contribution is -2.14. The van der Waals surface area contributed by atoms with Crippen LogP contribution in [0.5, 0.6) is 0 Å². The molecule has 0 saturated heterocycles. The SMILES string of the molecule is Cc1cccc(NC(=O)/C(C#N)=C/c2cc(Cl)ccc2Cc2cccc(F)c2)c1C. The number of carbonyl (C=O) groups is 1. The third-order valence-electron chi connectivity index (χ3n) is 4.91. The van der Waals surface area contributed by atoms with Crippen molar-refractivity contribution in [3.05, 3.63) is 105 Å². The van der Waals surface area contributed by atoms with Crippen LogP contribution in [0.1, 0.15) is 27.8 Å². The van der Waals surface area contributed by atoms with Crippen LogP contribution in [0.25, 0.3) is 6.08 Å². The Morgan fingerprint density at radius 1 is 1.13 bits per heavy atom. The maximum Gasteiger partial charge on any atom is 0.266 e. The van der Waals surface area contributed by atoms with E-state index >= 15 is 0 Å². The lowest BCUT2D eigenvalue weighted by atomic mass is 9.98. The second-order valence-electron chi connectivity index (χ2n) is 7.02. The molecule has 0 heterocycles. The van der Waals surface area contributed by atoms with Gasteiger partial charge in [0.1, 0.15) is 17.5 Å². The smallest absolute Gasteiger partial charge is 0.266 e.